The van der Waals surface area contributed by atoms with Crippen molar-refractivity contribution in [3.8, 4) is 0 Å². The highest BCUT2D eigenvalue weighted by molar-refractivity contribution is 5.82. The van der Waals surface area contributed by atoms with Gasteiger partial charge in [-0.3, -0.25) is 0 Å². The maximum absolute atomic E-state index is 10.0. The highest BCUT2D eigenvalue weighted by atomic mass is 16.5. The average molecular weight is 371 g/mol. The maximum Gasteiger partial charge on any atom is 0.180 e. The fourth-order valence-corrected chi connectivity index (χ4v) is 3.13. The Morgan fingerprint density at radius 3 is 2.70 bits per heavy atom. The number of aromatic nitrogens is 3. The minimum atomic E-state index is -1.29. The highest BCUT2D eigenvalue weighted by Gasteiger charge is 2.39. The molecule has 1 fully saturated rings. The Kier molecular flexibility index (Phi) is 5.15. The Balaban J connectivity index is 1.35. The van der Waals surface area contributed by atoms with Gasteiger partial charge in [-0.15, -0.1) is 5.10 Å². The summed E-state index contributed by atoms with van der Waals surface area (Å²) in [6, 6.07) is 14.3. The van der Waals surface area contributed by atoms with Crippen LogP contribution in [0.25, 0.3) is 10.8 Å². The molecule has 4 rings (SSSR count). The van der Waals surface area contributed by atoms with E-state index in [4.69, 9.17) is 9.47 Å². The minimum absolute atomic E-state index is 0.0868. The van der Waals surface area contributed by atoms with Crippen LogP contribution in [-0.2, 0) is 22.7 Å². The topological polar surface area (TPSA) is 110 Å². The molecule has 3 N–H and O–H groups in total. The van der Waals surface area contributed by atoms with Gasteiger partial charge < -0.3 is 24.8 Å². The summed E-state index contributed by atoms with van der Waals surface area (Å²) < 4.78 is 12.4. The summed E-state index contributed by atoms with van der Waals surface area (Å²) in [4.78, 5) is 0. The Morgan fingerprint density at radius 2 is 1.85 bits per heavy atom. The lowest BCUT2D eigenvalue weighted by Gasteiger charge is -2.34. The van der Waals surface area contributed by atoms with Gasteiger partial charge in [0.2, 0.25) is 0 Å². The van der Waals surface area contributed by atoms with Gasteiger partial charge in [0.05, 0.1) is 26.0 Å². The van der Waals surface area contributed by atoms with Crippen molar-refractivity contribution in [2.75, 3.05) is 6.61 Å². The van der Waals surface area contributed by atoms with Gasteiger partial charge in [-0.25, -0.2) is 4.68 Å². The number of hydrogen-bond acceptors (Lipinski definition) is 7. The first-order valence-corrected chi connectivity index (χ1v) is 8.74. The SMILES string of the molecule is O[C@@H]1[C@@H](O)[C@H](n2cc(COCc3ccc4ccccc4c3)nn2)OC[C@H]1O. The van der Waals surface area contributed by atoms with Crippen molar-refractivity contribution >= 4 is 10.8 Å². The molecule has 8 heteroatoms. The Bertz CT molecular complexity index is 915. The Morgan fingerprint density at radius 1 is 1.04 bits per heavy atom. The molecule has 0 bridgehead atoms. The van der Waals surface area contributed by atoms with Crippen LogP contribution in [0, 0.1) is 0 Å². The van der Waals surface area contributed by atoms with Gasteiger partial charge in [-0.1, -0.05) is 41.6 Å². The van der Waals surface area contributed by atoms with Crippen molar-refractivity contribution < 1.29 is 24.8 Å². The molecule has 0 amide bonds. The predicted molar refractivity (Wildman–Crippen MR) is 95.5 cm³/mol. The van der Waals surface area contributed by atoms with E-state index in [-0.39, 0.29) is 13.2 Å². The number of fused-ring (bicyclic) bond motifs is 1. The van der Waals surface area contributed by atoms with E-state index in [1.165, 1.54) is 10.1 Å². The normalized spacial score (nSPS) is 25.7. The molecule has 1 aliphatic rings. The van der Waals surface area contributed by atoms with Crippen LogP contribution in [0.3, 0.4) is 0 Å². The number of hydrogen-bond donors (Lipinski definition) is 3. The number of nitrogens with zero attached hydrogens (tertiary/aromatic N) is 3. The van der Waals surface area contributed by atoms with Crippen molar-refractivity contribution in [2.45, 2.75) is 37.8 Å². The summed E-state index contributed by atoms with van der Waals surface area (Å²) in [5, 5.41) is 39.6. The molecule has 0 spiro atoms. The molecular formula is C19H21N3O5. The molecule has 27 heavy (non-hydrogen) atoms. The fourth-order valence-electron chi connectivity index (χ4n) is 3.13. The maximum atomic E-state index is 10.0. The summed E-state index contributed by atoms with van der Waals surface area (Å²) in [5.41, 5.74) is 1.64. The van der Waals surface area contributed by atoms with Crippen molar-refractivity contribution in [1.29, 1.82) is 0 Å². The molecule has 1 saturated heterocycles. The zero-order valence-electron chi connectivity index (χ0n) is 14.5. The fraction of sp³-hybridized carbons (Fsp3) is 0.368. The van der Waals surface area contributed by atoms with Crippen LogP contribution in [0.4, 0.5) is 0 Å². The van der Waals surface area contributed by atoms with Crippen LogP contribution in [0.1, 0.15) is 17.5 Å². The molecular weight excluding hydrogens is 350 g/mol. The van der Waals surface area contributed by atoms with Crippen LogP contribution in [0.15, 0.2) is 48.7 Å². The van der Waals surface area contributed by atoms with Crippen LogP contribution in [-0.4, -0.2) is 55.2 Å². The first-order valence-electron chi connectivity index (χ1n) is 8.74. The lowest BCUT2D eigenvalue weighted by atomic mass is 10.0. The highest BCUT2D eigenvalue weighted by Crippen LogP contribution is 2.23. The third kappa shape index (κ3) is 3.85. The summed E-state index contributed by atoms with van der Waals surface area (Å²) in [5.74, 6) is 0. The molecule has 0 radical (unpaired) electrons. The third-order valence-corrected chi connectivity index (χ3v) is 4.63. The molecule has 0 unspecified atom stereocenters. The van der Waals surface area contributed by atoms with Gasteiger partial charge in [0.1, 0.15) is 24.0 Å². The van der Waals surface area contributed by atoms with E-state index in [0.717, 1.165) is 10.9 Å². The van der Waals surface area contributed by atoms with Crippen LogP contribution < -0.4 is 0 Å². The first kappa shape index (κ1) is 18.0. The van der Waals surface area contributed by atoms with E-state index in [1.807, 2.05) is 18.2 Å². The number of aliphatic hydroxyl groups is 3. The molecule has 142 valence electrons. The van der Waals surface area contributed by atoms with E-state index in [1.54, 1.807) is 6.20 Å². The first-order chi connectivity index (χ1) is 13.1. The van der Waals surface area contributed by atoms with E-state index >= 15 is 0 Å². The van der Waals surface area contributed by atoms with Crippen molar-refractivity contribution in [3.63, 3.8) is 0 Å². The minimum Gasteiger partial charge on any atom is -0.388 e. The average Bonchev–Trinajstić information content (AvgIpc) is 3.15. The van der Waals surface area contributed by atoms with Crippen molar-refractivity contribution in [1.82, 2.24) is 15.0 Å². The Labute approximate surface area is 155 Å². The Hall–Kier alpha value is -2.36. The van der Waals surface area contributed by atoms with E-state index in [2.05, 4.69) is 34.6 Å². The van der Waals surface area contributed by atoms with Crippen molar-refractivity contribution in [3.05, 3.63) is 59.9 Å². The molecule has 0 saturated carbocycles. The van der Waals surface area contributed by atoms with E-state index < -0.39 is 24.5 Å². The van der Waals surface area contributed by atoms with Gasteiger partial charge in [0.25, 0.3) is 0 Å². The molecule has 2 heterocycles. The second-order valence-corrected chi connectivity index (χ2v) is 6.64. The molecule has 4 atom stereocenters. The smallest absolute Gasteiger partial charge is 0.180 e. The van der Waals surface area contributed by atoms with Crippen LogP contribution in [0.5, 0.6) is 0 Å². The summed E-state index contributed by atoms with van der Waals surface area (Å²) in [6.07, 6.45) is -3.00. The van der Waals surface area contributed by atoms with Gasteiger partial charge in [-0.05, 0) is 22.4 Å². The zero-order valence-corrected chi connectivity index (χ0v) is 14.5. The lowest BCUT2D eigenvalue weighted by Crippen LogP contribution is -2.50. The summed E-state index contributed by atoms with van der Waals surface area (Å²) in [7, 11) is 0. The van der Waals surface area contributed by atoms with Crippen LogP contribution in [0.2, 0.25) is 0 Å². The number of aliphatic hydroxyl groups excluding tert-OH is 3. The standard InChI is InChI=1S/C19H21N3O5/c23-16-11-27-19(18(25)17(16)24)22-8-15(20-21-22)10-26-9-12-5-6-13-3-1-2-4-14(13)7-12/h1-8,16-19,23-25H,9-11H2/t16-,17+,18-,19-/m1/s1. The van der Waals surface area contributed by atoms with Gasteiger partial charge in [0, 0.05) is 0 Å². The van der Waals surface area contributed by atoms with Crippen molar-refractivity contribution in [2.24, 2.45) is 0 Å². The molecule has 1 aromatic heterocycles. The third-order valence-electron chi connectivity index (χ3n) is 4.63. The van der Waals surface area contributed by atoms with E-state index in [9.17, 15) is 15.3 Å². The summed E-state index contributed by atoms with van der Waals surface area (Å²) >= 11 is 0. The zero-order chi connectivity index (χ0) is 18.8. The number of benzene rings is 2. The second-order valence-electron chi connectivity index (χ2n) is 6.64. The van der Waals surface area contributed by atoms with Gasteiger partial charge in [-0.2, -0.15) is 0 Å². The lowest BCUT2D eigenvalue weighted by molar-refractivity contribution is -0.214. The molecule has 2 aromatic carbocycles. The van der Waals surface area contributed by atoms with Crippen LogP contribution >= 0.6 is 0 Å². The molecule has 1 aliphatic heterocycles. The monoisotopic (exact) mass is 371 g/mol. The van der Waals surface area contributed by atoms with Gasteiger partial charge in [0.15, 0.2) is 6.23 Å². The summed E-state index contributed by atoms with van der Waals surface area (Å²) in [6.45, 7) is 0.600. The van der Waals surface area contributed by atoms with Gasteiger partial charge >= 0.3 is 0 Å². The number of rotatable bonds is 5. The second kappa shape index (κ2) is 7.71. The number of ether oxygens (including phenoxy) is 2. The van der Waals surface area contributed by atoms with E-state index in [0.29, 0.717) is 12.3 Å². The predicted octanol–water partition coefficient (Wildman–Crippen LogP) is 0.760. The molecule has 3 aromatic rings. The molecule has 0 aliphatic carbocycles. The quantitative estimate of drug-likeness (QED) is 0.607. The molecule has 8 nitrogen and oxygen atoms in total. The largest absolute Gasteiger partial charge is 0.388 e.